The molecule has 0 radical (unpaired) electrons. The van der Waals surface area contributed by atoms with E-state index in [0.29, 0.717) is 0 Å². The average Bonchev–Trinajstić information content (AvgIpc) is 2.22. The molecular formula is C14H16N2. The van der Waals surface area contributed by atoms with Crippen molar-refractivity contribution in [2.45, 2.75) is 20.8 Å². The lowest BCUT2D eigenvalue weighted by molar-refractivity contribution is 1.37. The van der Waals surface area contributed by atoms with Gasteiger partial charge in [0, 0.05) is 10.9 Å². The molecule has 0 amide bonds. The van der Waals surface area contributed by atoms with Crippen molar-refractivity contribution in [2.24, 2.45) is 0 Å². The van der Waals surface area contributed by atoms with E-state index in [1.54, 1.807) is 6.20 Å². The second-order valence-electron chi connectivity index (χ2n) is 4.37. The van der Waals surface area contributed by atoms with E-state index in [4.69, 9.17) is 5.73 Å². The van der Waals surface area contributed by atoms with Crippen LogP contribution in [0.15, 0.2) is 30.0 Å². The van der Waals surface area contributed by atoms with E-state index < -0.39 is 0 Å². The fourth-order valence-corrected chi connectivity index (χ4v) is 1.79. The van der Waals surface area contributed by atoms with Gasteiger partial charge in [-0.3, -0.25) is 4.98 Å². The second kappa shape index (κ2) is 3.97. The lowest BCUT2D eigenvalue weighted by Crippen LogP contribution is -1.93. The minimum absolute atomic E-state index is 0.734. The minimum atomic E-state index is 0.734. The summed E-state index contributed by atoms with van der Waals surface area (Å²) < 4.78 is 0. The maximum absolute atomic E-state index is 5.97. The van der Waals surface area contributed by atoms with Crippen molar-refractivity contribution in [2.75, 3.05) is 5.73 Å². The van der Waals surface area contributed by atoms with E-state index >= 15 is 0 Å². The summed E-state index contributed by atoms with van der Waals surface area (Å²) in [4.78, 5) is 4.36. The molecule has 0 atom stereocenters. The molecule has 1 aromatic heterocycles. The number of allylic oxidation sites excluding steroid dienone is 1. The van der Waals surface area contributed by atoms with Crippen molar-refractivity contribution < 1.29 is 0 Å². The van der Waals surface area contributed by atoms with Crippen molar-refractivity contribution in [1.29, 1.82) is 0 Å². The highest BCUT2D eigenvalue weighted by Gasteiger charge is 2.04. The Morgan fingerprint density at radius 2 is 2.06 bits per heavy atom. The molecule has 2 rings (SSSR count). The van der Waals surface area contributed by atoms with Crippen LogP contribution in [0.3, 0.4) is 0 Å². The van der Waals surface area contributed by atoms with Gasteiger partial charge >= 0.3 is 0 Å². The highest BCUT2D eigenvalue weighted by Crippen LogP contribution is 2.25. The van der Waals surface area contributed by atoms with Gasteiger partial charge in [-0.25, -0.2) is 0 Å². The summed E-state index contributed by atoms with van der Waals surface area (Å²) in [5.41, 5.74) is 11.2. The van der Waals surface area contributed by atoms with E-state index in [0.717, 1.165) is 22.2 Å². The summed E-state index contributed by atoms with van der Waals surface area (Å²) in [5.74, 6) is 0. The van der Waals surface area contributed by atoms with Crippen LogP contribution < -0.4 is 5.73 Å². The van der Waals surface area contributed by atoms with E-state index in [9.17, 15) is 0 Å². The van der Waals surface area contributed by atoms with Crippen LogP contribution in [-0.2, 0) is 0 Å². The van der Waals surface area contributed by atoms with Crippen molar-refractivity contribution >= 4 is 22.7 Å². The first kappa shape index (κ1) is 10.7. The lowest BCUT2D eigenvalue weighted by atomic mass is 10.0. The predicted octanol–water partition coefficient (Wildman–Crippen LogP) is 3.55. The number of aryl methyl sites for hydroxylation is 1. The molecule has 1 heterocycles. The zero-order chi connectivity index (χ0) is 11.7. The molecule has 0 saturated heterocycles. The van der Waals surface area contributed by atoms with Gasteiger partial charge in [0.15, 0.2) is 0 Å². The number of nitrogens with two attached hydrogens (primary N) is 1. The Balaban J connectivity index is 2.80. The smallest absolute Gasteiger partial charge is 0.0712 e. The van der Waals surface area contributed by atoms with Gasteiger partial charge < -0.3 is 5.73 Å². The van der Waals surface area contributed by atoms with Crippen LogP contribution >= 0.6 is 0 Å². The molecule has 0 aliphatic carbocycles. The molecule has 2 heteroatoms. The Bertz CT molecular complexity index is 564. The first-order chi connectivity index (χ1) is 7.58. The van der Waals surface area contributed by atoms with Gasteiger partial charge in [-0.05, 0) is 32.4 Å². The number of rotatable bonds is 1. The molecule has 1 aromatic carbocycles. The average molecular weight is 212 g/mol. The van der Waals surface area contributed by atoms with Gasteiger partial charge in [0.05, 0.1) is 17.4 Å². The molecule has 0 saturated carbocycles. The minimum Gasteiger partial charge on any atom is -0.397 e. The summed E-state index contributed by atoms with van der Waals surface area (Å²) in [5, 5.41) is 1.12. The van der Waals surface area contributed by atoms with Gasteiger partial charge in [0.2, 0.25) is 0 Å². The second-order valence-corrected chi connectivity index (χ2v) is 4.37. The van der Waals surface area contributed by atoms with Crippen molar-refractivity contribution in [3.8, 4) is 0 Å². The summed E-state index contributed by atoms with van der Waals surface area (Å²) in [6, 6.07) is 6.26. The van der Waals surface area contributed by atoms with E-state index in [-0.39, 0.29) is 0 Å². The standard InChI is InChI=1S/C14H16N2/c1-9(2)6-12-11-5-4-10(3)7-14(11)16-8-13(12)15/h4-8H,15H2,1-3H3. The van der Waals surface area contributed by atoms with E-state index in [1.165, 1.54) is 11.1 Å². The Morgan fingerprint density at radius 1 is 1.31 bits per heavy atom. The fraction of sp³-hybridized carbons (Fsp3) is 0.214. The topological polar surface area (TPSA) is 38.9 Å². The van der Waals surface area contributed by atoms with Crippen LogP contribution in [-0.4, -0.2) is 4.98 Å². The van der Waals surface area contributed by atoms with E-state index in [2.05, 4.69) is 50.0 Å². The highest BCUT2D eigenvalue weighted by atomic mass is 14.7. The maximum atomic E-state index is 5.97. The number of fused-ring (bicyclic) bond motifs is 1. The SMILES string of the molecule is CC(C)=Cc1c(N)cnc2cc(C)ccc12. The molecule has 0 bridgehead atoms. The van der Waals surface area contributed by atoms with Crippen molar-refractivity contribution in [1.82, 2.24) is 4.98 Å². The Hall–Kier alpha value is -1.83. The first-order valence-electron chi connectivity index (χ1n) is 5.37. The number of nitrogens with zero attached hydrogens (tertiary/aromatic N) is 1. The normalized spacial score (nSPS) is 10.4. The number of nitrogen functional groups attached to an aromatic ring is 1. The molecule has 0 aliphatic rings. The summed E-state index contributed by atoms with van der Waals surface area (Å²) in [7, 11) is 0. The molecule has 0 aliphatic heterocycles. The molecule has 0 spiro atoms. The molecule has 82 valence electrons. The molecule has 0 unspecified atom stereocenters. The Kier molecular flexibility index (Phi) is 2.65. The molecule has 2 N–H and O–H groups in total. The number of hydrogen-bond donors (Lipinski definition) is 1. The van der Waals surface area contributed by atoms with Gasteiger partial charge in [-0.15, -0.1) is 0 Å². The van der Waals surface area contributed by atoms with Crippen LogP contribution in [0, 0.1) is 6.92 Å². The summed E-state index contributed by atoms with van der Waals surface area (Å²) >= 11 is 0. The number of pyridine rings is 1. The molecular weight excluding hydrogens is 196 g/mol. The fourth-order valence-electron chi connectivity index (χ4n) is 1.79. The zero-order valence-corrected chi connectivity index (χ0v) is 9.91. The molecule has 2 nitrogen and oxygen atoms in total. The van der Waals surface area contributed by atoms with Gasteiger partial charge in [0.1, 0.15) is 0 Å². The third-order valence-corrected chi connectivity index (χ3v) is 2.53. The van der Waals surface area contributed by atoms with Gasteiger partial charge in [-0.1, -0.05) is 23.8 Å². The number of hydrogen-bond acceptors (Lipinski definition) is 2. The molecule has 0 fully saturated rings. The first-order valence-corrected chi connectivity index (χ1v) is 5.37. The quantitative estimate of drug-likeness (QED) is 0.785. The number of aromatic nitrogens is 1. The zero-order valence-electron chi connectivity index (χ0n) is 9.91. The van der Waals surface area contributed by atoms with Crippen molar-refractivity contribution in [3.63, 3.8) is 0 Å². The third-order valence-electron chi connectivity index (χ3n) is 2.53. The third kappa shape index (κ3) is 1.91. The maximum Gasteiger partial charge on any atom is 0.0712 e. The summed E-state index contributed by atoms with van der Waals surface area (Å²) in [6.07, 6.45) is 3.84. The van der Waals surface area contributed by atoms with Gasteiger partial charge in [0.25, 0.3) is 0 Å². The van der Waals surface area contributed by atoms with Crippen molar-refractivity contribution in [3.05, 3.63) is 41.1 Å². The number of benzene rings is 1. The Morgan fingerprint density at radius 3 is 2.75 bits per heavy atom. The van der Waals surface area contributed by atoms with E-state index in [1.807, 2.05) is 0 Å². The monoisotopic (exact) mass is 212 g/mol. The molecule has 2 aromatic rings. The van der Waals surface area contributed by atoms with Crippen LogP contribution in [0.2, 0.25) is 0 Å². The Labute approximate surface area is 95.8 Å². The summed E-state index contributed by atoms with van der Waals surface area (Å²) in [6.45, 7) is 6.21. The predicted molar refractivity (Wildman–Crippen MR) is 70.2 cm³/mol. The largest absolute Gasteiger partial charge is 0.397 e. The molecule has 16 heavy (non-hydrogen) atoms. The van der Waals surface area contributed by atoms with Crippen LogP contribution in [0.25, 0.3) is 17.0 Å². The van der Waals surface area contributed by atoms with Gasteiger partial charge in [-0.2, -0.15) is 0 Å². The highest BCUT2D eigenvalue weighted by molar-refractivity contribution is 5.93. The van der Waals surface area contributed by atoms with Crippen LogP contribution in [0.5, 0.6) is 0 Å². The number of anilines is 1. The van der Waals surface area contributed by atoms with Crippen LogP contribution in [0.1, 0.15) is 25.0 Å². The lowest BCUT2D eigenvalue weighted by Gasteiger charge is -2.07. The van der Waals surface area contributed by atoms with Crippen LogP contribution in [0.4, 0.5) is 5.69 Å².